The lowest BCUT2D eigenvalue weighted by Gasteiger charge is -2.31. The summed E-state index contributed by atoms with van der Waals surface area (Å²) in [7, 11) is 0. The van der Waals surface area contributed by atoms with Crippen molar-refractivity contribution >= 4 is 11.6 Å². The van der Waals surface area contributed by atoms with Crippen molar-refractivity contribution in [1.82, 2.24) is 9.88 Å². The molecule has 2 rings (SSSR count). The summed E-state index contributed by atoms with van der Waals surface area (Å²) >= 11 is 0. The number of nitrogens with two attached hydrogens (primary N) is 1. The summed E-state index contributed by atoms with van der Waals surface area (Å²) in [4.78, 5) is 16.8. The molecule has 1 aromatic heterocycles. The van der Waals surface area contributed by atoms with Crippen LogP contribution in [0, 0.1) is 0 Å². The number of aliphatic hydroxyl groups is 1. The molecule has 2 heterocycles. The van der Waals surface area contributed by atoms with Gasteiger partial charge in [-0.2, -0.15) is 0 Å². The van der Waals surface area contributed by atoms with Crippen LogP contribution in [-0.4, -0.2) is 53.3 Å². The van der Waals surface area contributed by atoms with Crippen molar-refractivity contribution in [1.29, 1.82) is 0 Å². The van der Waals surface area contributed by atoms with Crippen LogP contribution in [0.25, 0.3) is 0 Å². The van der Waals surface area contributed by atoms with Gasteiger partial charge in [0, 0.05) is 25.0 Å². The average Bonchev–Trinajstić information content (AvgIpc) is 2.83. The lowest BCUT2D eigenvalue weighted by molar-refractivity contribution is -0.00563. The molecule has 1 aromatic rings. The summed E-state index contributed by atoms with van der Waals surface area (Å²) in [5.41, 5.74) is 6.68. The zero-order valence-corrected chi connectivity index (χ0v) is 10.3. The molecule has 1 amide bonds. The Morgan fingerprint density at radius 2 is 2.28 bits per heavy atom. The maximum Gasteiger partial charge on any atom is 0.270 e. The highest BCUT2D eigenvalue weighted by atomic mass is 16.5. The number of hydrogen-bond acceptors (Lipinski definition) is 4. The number of ether oxygens (including phenoxy) is 1. The second-order valence-electron chi connectivity index (χ2n) is 4.43. The van der Waals surface area contributed by atoms with E-state index in [1.165, 1.54) is 0 Å². The van der Waals surface area contributed by atoms with Crippen molar-refractivity contribution < 1.29 is 14.6 Å². The monoisotopic (exact) mass is 253 g/mol. The van der Waals surface area contributed by atoms with E-state index in [1.54, 1.807) is 17.2 Å². The van der Waals surface area contributed by atoms with Crippen LogP contribution >= 0.6 is 0 Å². The number of anilines is 1. The third-order valence-electron chi connectivity index (χ3n) is 3.11. The highest BCUT2D eigenvalue weighted by molar-refractivity contribution is 5.93. The second-order valence-corrected chi connectivity index (χ2v) is 4.43. The fourth-order valence-electron chi connectivity index (χ4n) is 2.15. The van der Waals surface area contributed by atoms with E-state index in [-0.39, 0.29) is 18.6 Å². The smallest absolute Gasteiger partial charge is 0.270 e. The minimum absolute atomic E-state index is 0.0210. The second kappa shape index (κ2) is 5.88. The van der Waals surface area contributed by atoms with Gasteiger partial charge in [0.15, 0.2) is 0 Å². The zero-order valence-electron chi connectivity index (χ0n) is 10.3. The molecule has 0 spiro atoms. The molecule has 0 atom stereocenters. The minimum atomic E-state index is -0.0210. The fraction of sp³-hybridized carbons (Fsp3) is 0.583. The van der Waals surface area contributed by atoms with Crippen molar-refractivity contribution in [2.45, 2.75) is 18.9 Å². The Bertz CT molecular complexity index is 397. The number of rotatable bonds is 4. The van der Waals surface area contributed by atoms with Gasteiger partial charge in [-0.15, -0.1) is 0 Å². The van der Waals surface area contributed by atoms with Crippen LogP contribution < -0.4 is 5.73 Å². The molecule has 1 aliphatic rings. The Hall–Kier alpha value is -1.53. The third-order valence-corrected chi connectivity index (χ3v) is 3.11. The largest absolute Gasteiger partial charge is 0.397 e. The SMILES string of the molecule is Nc1c[nH]c(C(=O)N2CCC(OCCO)CC2)c1. The number of nitrogen functional groups attached to an aromatic ring is 1. The number of piperidine rings is 1. The fourth-order valence-corrected chi connectivity index (χ4v) is 2.15. The van der Waals surface area contributed by atoms with Gasteiger partial charge in [0.2, 0.25) is 0 Å². The Morgan fingerprint density at radius 3 is 2.83 bits per heavy atom. The predicted octanol–water partition coefficient (Wildman–Crippen LogP) is 0.210. The predicted molar refractivity (Wildman–Crippen MR) is 67.2 cm³/mol. The zero-order chi connectivity index (χ0) is 13.0. The normalized spacial score (nSPS) is 17.1. The molecular formula is C12H19N3O3. The van der Waals surface area contributed by atoms with Crippen LogP contribution in [0.2, 0.25) is 0 Å². The molecule has 0 radical (unpaired) electrons. The number of likely N-dealkylation sites (tertiary alicyclic amines) is 1. The maximum atomic E-state index is 12.1. The van der Waals surface area contributed by atoms with E-state index < -0.39 is 0 Å². The molecule has 0 aliphatic carbocycles. The molecular weight excluding hydrogens is 234 g/mol. The van der Waals surface area contributed by atoms with Gasteiger partial charge in [0.25, 0.3) is 5.91 Å². The van der Waals surface area contributed by atoms with Crippen LogP contribution in [-0.2, 0) is 4.74 Å². The average molecular weight is 253 g/mol. The van der Waals surface area contributed by atoms with E-state index in [1.807, 2.05) is 0 Å². The lowest BCUT2D eigenvalue weighted by atomic mass is 10.1. The van der Waals surface area contributed by atoms with E-state index in [0.29, 0.717) is 31.1 Å². The molecule has 1 saturated heterocycles. The van der Waals surface area contributed by atoms with E-state index >= 15 is 0 Å². The van der Waals surface area contributed by atoms with Gasteiger partial charge in [0.05, 0.1) is 19.3 Å². The summed E-state index contributed by atoms with van der Waals surface area (Å²) in [5.74, 6) is -0.0210. The van der Waals surface area contributed by atoms with Crippen LogP contribution in [0.5, 0.6) is 0 Å². The molecule has 1 aliphatic heterocycles. The highest BCUT2D eigenvalue weighted by Gasteiger charge is 2.24. The molecule has 0 aromatic carbocycles. The first-order valence-corrected chi connectivity index (χ1v) is 6.16. The first-order valence-electron chi connectivity index (χ1n) is 6.16. The van der Waals surface area contributed by atoms with Gasteiger partial charge < -0.3 is 25.5 Å². The Morgan fingerprint density at radius 1 is 1.56 bits per heavy atom. The topological polar surface area (TPSA) is 91.6 Å². The van der Waals surface area contributed by atoms with E-state index in [4.69, 9.17) is 15.6 Å². The van der Waals surface area contributed by atoms with Crippen molar-refractivity contribution in [2.75, 3.05) is 32.0 Å². The van der Waals surface area contributed by atoms with Gasteiger partial charge in [-0.05, 0) is 18.9 Å². The van der Waals surface area contributed by atoms with E-state index in [0.717, 1.165) is 12.8 Å². The van der Waals surface area contributed by atoms with Gasteiger partial charge in [-0.1, -0.05) is 0 Å². The number of aromatic nitrogens is 1. The van der Waals surface area contributed by atoms with Crippen molar-refractivity contribution in [3.05, 3.63) is 18.0 Å². The summed E-state index contributed by atoms with van der Waals surface area (Å²) in [6.45, 7) is 1.76. The molecule has 1 fully saturated rings. The first kappa shape index (κ1) is 12.9. The summed E-state index contributed by atoms with van der Waals surface area (Å²) in [6.07, 6.45) is 3.38. The molecule has 18 heavy (non-hydrogen) atoms. The Labute approximate surface area is 106 Å². The van der Waals surface area contributed by atoms with E-state index in [9.17, 15) is 4.79 Å². The van der Waals surface area contributed by atoms with Gasteiger partial charge in [-0.3, -0.25) is 4.79 Å². The quantitative estimate of drug-likeness (QED) is 0.715. The molecule has 6 heteroatoms. The number of aromatic amines is 1. The number of hydrogen-bond donors (Lipinski definition) is 3. The van der Waals surface area contributed by atoms with Crippen molar-refractivity contribution in [3.63, 3.8) is 0 Å². The van der Waals surface area contributed by atoms with Gasteiger partial charge >= 0.3 is 0 Å². The van der Waals surface area contributed by atoms with Crippen LogP contribution in [0.4, 0.5) is 5.69 Å². The maximum absolute atomic E-state index is 12.1. The number of amides is 1. The van der Waals surface area contributed by atoms with Gasteiger partial charge in [0.1, 0.15) is 5.69 Å². The molecule has 0 unspecified atom stereocenters. The molecule has 100 valence electrons. The van der Waals surface area contributed by atoms with Gasteiger partial charge in [-0.25, -0.2) is 0 Å². The molecule has 0 saturated carbocycles. The van der Waals surface area contributed by atoms with Crippen molar-refractivity contribution in [3.8, 4) is 0 Å². The Balaban J connectivity index is 1.84. The molecule has 4 N–H and O–H groups in total. The molecule has 0 bridgehead atoms. The Kier molecular flexibility index (Phi) is 4.22. The van der Waals surface area contributed by atoms with Crippen LogP contribution in [0.3, 0.4) is 0 Å². The number of H-pyrrole nitrogens is 1. The van der Waals surface area contributed by atoms with Crippen LogP contribution in [0.1, 0.15) is 23.3 Å². The number of carbonyl (C=O) groups excluding carboxylic acids is 1. The summed E-state index contributed by atoms with van der Waals surface area (Å²) in [5, 5.41) is 8.68. The van der Waals surface area contributed by atoms with E-state index in [2.05, 4.69) is 4.98 Å². The standard InChI is InChI=1S/C12H19N3O3/c13-9-7-11(14-8-9)12(17)15-3-1-10(2-4-15)18-6-5-16/h7-8,10,14,16H,1-6,13H2. The highest BCUT2D eigenvalue weighted by Crippen LogP contribution is 2.16. The third kappa shape index (κ3) is 3.02. The van der Waals surface area contributed by atoms with Crippen molar-refractivity contribution in [2.24, 2.45) is 0 Å². The summed E-state index contributed by atoms with van der Waals surface area (Å²) in [6, 6.07) is 1.65. The molecule has 6 nitrogen and oxygen atoms in total. The lowest BCUT2D eigenvalue weighted by Crippen LogP contribution is -2.41. The number of nitrogens with one attached hydrogen (secondary N) is 1. The number of nitrogens with zero attached hydrogens (tertiary/aromatic N) is 1. The summed E-state index contributed by atoms with van der Waals surface area (Å²) < 4.78 is 5.45. The van der Waals surface area contributed by atoms with Crippen LogP contribution in [0.15, 0.2) is 12.3 Å². The minimum Gasteiger partial charge on any atom is -0.397 e. The number of carbonyl (C=O) groups is 1. The first-order chi connectivity index (χ1) is 8.70. The number of aliphatic hydroxyl groups excluding tert-OH is 1.